The SMILES string of the molecule is CC(C)CC/C=C(\CCC(C)C)c1cccc(/C(=C/CCC(C)C)CCC(C)C)c1-c1ccccc1P(c1ccccc1)c1ccccc1. The molecule has 0 nitrogen and oxygen atoms in total. The first-order chi connectivity index (χ1) is 23.7. The summed E-state index contributed by atoms with van der Waals surface area (Å²) in [7, 11) is -0.768. The van der Waals surface area contributed by atoms with E-state index in [1.807, 2.05) is 0 Å². The molecule has 0 aliphatic heterocycles. The monoisotopic (exact) mass is 670 g/mol. The van der Waals surface area contributed by atoms with Crippen LogP contribution >= 0.6 is 7.92 Å². The Labute approximate surface area is 301 Å². The van der Waals surface area contributed by atoms with Gasteiger partial charge in [-0.3, -0.25) is 0 Å². The maximum Gasteiger partial charge on any atom is -0.00269 e. The van der Waals surface area contributed by atoms with Gasteiger partial charge in [0.05, 0.1) is 0 Å². The van der Waals surface area contributed by atoms with E-state index in [2.05, 4.69) is 171 Å². The minimum atomic E-state index is -0.768. The summed E-state index contributed by atoms with van der Waals surface area (Å²) >= 11 is 0. The molecule has 0 fully saturated rings. The Kier molecular flexibility index (Phi) is 15.6. The molecule has 0 aliphatic carbocycles. The van der Waals surface area contributed by atoms with E-state index < -0.39 is 7.92 Å². The number of allylic oxidation sites excluding steroid dienone is 4. The van der Waals surface area contributed by atoms with Crippen molar-refractivity contribution in [1.82, 2.24) is 0 Å². The lowest BCUT2D eigenvalue weighted by Gasteiger charge is -2.26. The molecule has 0 amide bonds. The van der Waals surface area contributed by atoms with Gasteiger partial charge >= 0.3 is 0 Å². The fourth-order valence-corrected chi connectivity index (χ4v) is 9.06. The predicted molar refractivity (Wildman–Crippen MR) is 223 cm³/mol. The standard InChI is InChI=1S/C48H63P/c1-36(2)20-17-22-40(34-32-38(5)6)44-29-19-30-45(41(35-33-39(7)8)23-18-21-37(3)4)48(44)46-28-15-16-31-47(46)49(42-24-11-9-12-25-42)43-26-13-10-14-27-43/h9-16,19,22-31,36-39H,17-18,20-21,32-35H2,1-8H3/b40-22+,41-23+. The summed E-state index contributed by atoms with van der Waals surface area (Å²) in [6.45, 7) is 18.9. The highest BCUT2D eigenvalue weighted by Crippen LogP contribution is 2.43. The third kappa shape index (κ3) is 11.7. The van der Waals surface area contributed by atoms with Crippen LogP contribution in [-0.2, 0) is 0 Å². The molecule has 1 heteroatoms. The minimum absolute atomic E-state index is 0.661. The van der Waals surface area contributed by atoms with Gasteiger partial charge < -0.3 is 0 Å². The fourth-order valence-electron chi connectivity index (χ4n) is 6.60. The van der Waals surface area contributed by atoms with Gasteiger partial charge in [0.25, 0.3) is 0 Å². The Morgan fingerprint density at radius 3 is 1.31 bits per heavy atom. The molecule has 0 saturated carbocycles. The smallest absolute Gasteiger partial charge is 0.00269 e. The van der Waals surface area contributed by atoms with Crippen LogP contribution in [0.4, 0.5) is 0 Å². The molecule has 0 radical (unpaired) electrons. The highest BCUT2D eigenvalue weighted by atomic mass is 31.1. The lowest BCUT2D eigenvalue weighted by atomic mass is 9.83. The van der Waals surface area contributed by atoms with Crippen LogP contribution in [0.5, 0.6) is 0 Å². The second-order valence-electron chi connectivity index (χ2n) is 15.5. The van der Waals surface area contributed by atoms with Crippen molar-refractivity contribution < 1.29 is 0 Å². The summed E-state index contributed by atoms with van der Waals surface area (Å²) in [6.07, 6.45) is 14.5. The van der Waals surface area contributed by atoms with Crippen molar-refractivity contribution in [3.05, 3.63) is 126 Å². The van der Waals surface area contributed by atoms with Crippen LogP contribution in [0.3, 0.4) is 0 Å². The van der Waals surface area contributed by atoms with E-state index in [-0.39, 0.29) is 0 Å². The van der Waals surface area contributed by atoms with Crippen LogP contribution in [0.1, 0.15) is 118 Å². The zero-order valence-electron chi connectivity index (χ0n) is 31.9. The topological polar surface area (TPSA) is 0 Å². The molecule has 0 aromatic heterocycles. The maximum atomic E-state index is 2.60. The molecule has 0 N–H and O–H groups in total. The fraction of sp³-hybridized carbons (Fsp3) is 0.417. The summed E-state index contributed by atoms with van der Waals surface area (Å²) in [5, 5.41) is 4.24. The van der Waals surface area contributed by atoms with E-state index >= 15 is 0 Å². The number of rotatable bonds is 18. The first-order valence-corrected chi connectivity index (χ1v) is 20.5. The summed E-state index contributed by atoms with van der Waals surface area (Å²) in [5.41, 5.74) is 8.75. The summed E-state index contributed by atoms with van der Waals surface area (Å²) in [6, 6.07) is 39.1. The lowest BCUT2D eigenvalue weighted by molar-refractivity contribution is 0.588. The quantitative estimate of drug-likeness (QED) is 0.0924. The molecule has 0 spiro atoms. The first-order valence-electron chi connectivity index (χ1n) is 19.2. The highest BCUT2D eigenvalue weighted by molar-refractivity contribution is 7.80. The summed E-state index contributed by atoms with van der Waals surface area (Å²) in [5.74, 6) is 2.71. The van der Waals surface area contributed by atoms with Gasteiger partial charge in [-0.15, -0.1) is 0 Å². The van der Waals surface area contributed by atoms with Gasteiger partial charge in [0, 0.05) is 0 Å². The minimum Gasteiger partial charge on any atom is -0.0807 e. The van der Waals surface area contributed by atoms with Crippen molar-refractivity contribution in [3.63, 3.8) is 0 Å². The second kappa shape index (κ2) is 19.8. The van der Waals surface area contributed by atoms with E-state index in [9.17, 15) is 0 Å². The Morgan fingerprint density at radius 2 is 0.878 bits per heavy atom. The summed E-state index contributed by atoms with van der Waals surface area (Å²) < 4.78 is 0. The van der Waals surface area contributed by atoms with Crippen LogP contribution < -0.4 is 15.9 Å². The Hall–Kier alpha value is -3.21. The molecule has 0 bridgehead atoms. The zero-order valence-corrected chi connectivity index (χ0v) is 32.8. The van der Waals surface area contributed by atoms with Gasteiger partial charge in [-0.05, 0) is 132 Å². The van der Waals surface area contributed by atoms with Gasteiger partial charge in [-0.2, -0.15) is 0 Å². The van der Waals surface area contributed by atoms with Gasteiger partial charge in [0.1, 0.15) is 0 Å². The van der Waals surface area contributed by atoms with Gasteiger partial charge in [-0.25, -0.2) is 0 Å². The third-order valence-corrected chi connectivity index (χ3v) is 12.0. The zero-order chi connectivity index (χ0) is 35.2. The normalized spacial score (nSPS) is 12.7. The van der Waals surface area contributed by atoms with Gasteiger partial charge in [0.15, 0.2) is 0 Å². The highest BCUT2D eigenvalue weighted by Gasteiger charge is 2.24. The summed E-state index contributed by atoms with van der Waals surface area (Å²) in [4.78, 5) is 0. The molecule has 4 aromatic rings. The van der Waals surface area contributed by atoms with Crippen molar-refractivity contribution in [2.75, 3.05) is 0 Å². The molecule has 260 valence electrons. The third-order valence-electron chi connectivity index (χ3n) is 9.45. The predicted octanol–water partition coefficient (Wildman–Crippen LogP) is 13.6. The molecule has 0 aliphatic rings. The van der Waals surface area contributed by atoms with Gasteiger partial charge in [-0.1, -0.05) is 171 Å². The molecular weight excluding hydrogens is 608 g/mol. The lowest BCUT2D eigenvalue weighted by Crippen LogP contribution is -2.22. The van der Waals surface area contributed by atoms with Crippen molar-refractivity contribution in [2.24, 2.45) is 23.7 Å². The molecule has 49 heavy (non-hydrogen) atoms. The maximum absolute atomic E-state index is 2.60. The number of hydrogen-bond donors (Lipinski definition) is 0. The Balaban J connectivity index is 2.06. The van der Waals surface area contributed by atoms with Crippen LogP contribution in [0, 0.1) is 23.7 Å². The van der Waals surface area contributed by atoms with Crippen LogP contribution in [0.25, 0.3) is 22.3 Å². The van der Waals surface area contributed by atoms with Crippen molar-refractivity contribution in [3.8, 4) is 11.1 Å². The van der Waals surface area contributed by atoms with E-state index in [1.165, 1.54) is 75.0 Å². The average molecular weight is 671 g/mol. The molecule has 0 heterocycles. The van der Waals surface area contributed by atoms with Crippen LogP contribution in [0.15, 0.2) is 115 Å². The molecule has 4 rings (SSSR count). The van der Waals surface area contributed by atoms with Crippen LogP contribution in [0.2, 0.25) is 0 Å². The molecular formula is C48H63P. The Morgan fingerprint density at radius 1 is 0.469 bits per heavy atom. The Bertz CT molecular complexity index is 1510. The van der Waals surface area contributed by atoms with Crippen LogP contribution in [-0.4, -0.2) is 0 Å². The first kappa shape index (κ1) is 38.6. The van der Waals surface area contributed by atoms with E-state index in [1.54, 1.807) is 0 Å². The average Bonchev–Trinajstić information content (AvgIpc) is 3.08. The van der Waals surface area contributed by atoms with Crippen molar-refractivity contribution in [1.29, 1.82) is 0 Å². The molecule has 0 saturated heterocycles. The molecule has 0 atom stereocenters. The largest absolute Gasteiger partial charge is 0.0807 e. The number of hydrogen-bond acceptors (Lipinski definition) is 0. The second-order valence-corrected chi connectivity index (χ2v) is 17.7. The number of benzene rings is 4. The molecule has 4 aromatic carbocycles. The van der Waals surface area contributed by atoms with E-state index in [4.69, 9.17) is 0 Å². The van der Waals surface area contributed by atoms with Crippen molar-refractivity contribution in [2.45, 2.75) is 107 Å². The van der Waals surface area contributed by atoms with E-state index in [0.717, 1.165) is 25.7 Å². The van der Waals surface area contributed by atoms with Crippen molar-refractivity contribution >= 4 is 35.0 Å². The molecule has 0 unspecified atom stereocenters. The van der Waals surface area contributed by atoms with E-state index in [0.29, 0.717) is 23.7 Å². The van der Waals surface area contributed by atoms with Gasteiger partial charge in [0.2, 0.25) is 0 Å².